The van der Waals surface area contributed by atoms with E-state index < -0.39 is 23.4 Å². The fourth-order valence-electron chi connectivity index (χ4n) is 1.09. The van der Waals surface area contributed by atoms with Gasteiger partial charge in [-0.3, -0.25) is 0 Å². The van der Waals surface area contributed by atoms with Crippen molar-refractivity contribution in [2.45, 2.75) is 0 Å². The van der Waals surface area contributed by atoms with Crippen molar-refractivity contribution in [3.05, 3.63) is 35.1 Å². The third kappa shape index (κ3) is 3.35. The van der Waals surface area contributed by atoms with Crippen molar-refractivity contribution in [2.75, 3.05) is 13.2 Å². The summed E-state index contributed by atoms with van der Waals surface area (Å²) in [6.45, 7) is 6.63. The molecule has 0 aromatic carbocycles. The molecule has 6 nitrogen and oxygen atoms in total. The van der Waals surface area contributed by atoms with E-state index >= 15 is 0 Å². The smallest absolute Gasteiger partial charge is 0.352 e. The van der Waals surface area contributed by atoms with E-state index in [-0.39, 0.29) is 23.0 Å². The van der Waals surface area contributed by atoms with E-state index in [9.17, 15) is 19.8 Å². The molecular formula is C12H12O6S. The zero-order chi connectivity index (χ0) is 14.4. The molecule has 0 amide bonds. The molecule has 0 unspecified atom stereocenters. The van der Waals surface area contributed by atoms with Gasteiger partial charge in [0.1, 0.15) is 13.2 Å². The van der Waals surface area contributed by atoms with E-state index in [1.165, 1.54) is 12.2 Å². The van der Waals surface area contributed by atoms with E-state index in [0.29, 0.717) is 11.3 Å². The average molecular weight is 284 g/mol. The Morgan fingerprint density at radius 2 is 1.37 bits per heavy atom. The molecular weight excluding hydrogens is 272 g/mol. The minimum atomic E-state index is -0.861. The van der Waals surface area contributed by atoms with Gasteiger partial charge in [-0.1, -0.05) is 25.3 Å². The molecule has 1 heterocycles. The van der Waals surface area contributed by atoms with Crippen LogP contribution < -0.4 is 0 Å². The molecule has 1 aromatic heterocycles. The highest BCUT2D eigenvalue weighted by atomic mass is 32.1. The SMILES string of the molecule is C=CCOC(=O)c1sc(C(=O)OCC=C)c(O)c1O. The van der Waals surface area contributed by atoms with Gasteiger partial charge in [0.25, 0.3) is 0 Å². The number of carbonyl (C=O) groups is 2. The van der Waals surface area contributed by atoms with Crippen molar-refractivity contribution in [3.63, 3.8) is 0 Å². The van der Waals surface area contributed by atoms with Crippen LogP contribution in [-0.2, 0) is 9.47 Å². The molecule has 1 rings (SSSR count). The van der Waals surface area contributed by atoms with Gasteiger partial charge in [-0.05, 0) is 0 Å². The minimum Gasteiger partial charge on any atom is -0.503 e. The first-order valence-corrected chi connectivity index (χ1v) is 5.95. The number of thiophene rings is 1. The maximum atomic E-state index is 11.5. The molecule has 0 saturated heterocycles. The van der Waals surface area contributed by atoms with E-state index in [0.717, 1.165) is 0 Å². The molecule has 0 bridgehead atoms. The molecule has 1 aromatic rings. The molecule has 0 aliphatic rings. The first-order chi connectivity index (χ1) is 9.02. The summed E-state index contributed by atoms with van der Waals surface area (Å²) in [4.78, 5) is 22.5. The van der Waals surface area contributed by atoms with Crippen LogP contribution >= 0.6 is 11.3 Å². The molecule has 0 spiro atoms. The summed E-state index contributed by atoms with van der Waals surface area (Å²) in [5.74, 6) is -3.13. The summed E-state index contributed by atoms with van der Waals surface area (Å²) >= 11 is 0.586. The summed E-state index contributed by atoms with van der Waals surface area (Å²) in [6, 6.07) is 0. The maximum Gasteiger partial charge on any atom is 0.352 e. The number of hydrogen-bond donors (Lipinski definition) is 2. The third-order valence-corrected chi connectivity index (χ3v) is 3.02. The van der Waals surface area contributed by atoms with Gasteiger partial charge in [0.2, 0.25) is 0 Å². The monoisotopic (exact) mass is 284 g/mol. The molecule has 7 heteroatoms. The van der Waals surface area contributed by atoms with Crippen LogP contribution in [0.5, 0.6) is 11.5 Å². The van der Waals surface area contributed by atoms with E-state index in [2.05, 4.69) is 13.2 Å². The lowest BCUT2D eigenvalue weighted by Crippen LogP contribution is -2.03. The normalized spacial score (nSPS) is 9.68. The maximum absolute atomic E-state index is 11.5. The van der Waals surface area contributed by atoms with Crippen molar-refractivity contribution < 1.29 is 29.3 Å². The molecule has 102 valence electrons. The summed E-state index contributed by atoms with van der Waals surface area (Å²) in [6.07, 6.45) is 2.70. The van der Waals surface area contributed by atoms with Crippen molar-refractivity contribution >= 4 is 23.3 Å². The largest absolute Gasteiger partial charge is 0.503 e. The molecule has 0 fully saturated rings. The van der Waals surface area contributed by atoms with Crippen LogP contribution in [-0.4, -0.2) is 35.4 Å². The first kappa shape index (κ1) is 14.8. The summed E-state index contributed by atoms with van der Waals surface area (Å²) in [5, 5.41) is 19.1. The number of esters is 2. The van der Waals surface area contributed by atoms with Gasteiger partial charge in [-0.15, -0.1) is 11.3 Å². The molecule has 0 saturated carbocycles. The molecule has 0 aliphatic heterocycles. The van der Waals surface area contributed by atoms with Crippen LogP contribution in [0, 0.1) is 0 Å². The number of carbonyl (C=O) groups excluding carboxylic acids is 2. The van der Waals surface area contributed by atoms with Crippen molar-refractivity contribution in [1.29, 1.82) is 0 Å². The summed E-state index contributed by atoms with van der Waals surface area (Å²) < 4.78 is 9.40. The Kier molecular flexibility index (Phi) is 5.13. The van der Waals surface area contributed by atoms with Crippen LogP contribution in [0.4, 0.5) is 0 Å². The van der Waals surface area contributed by atoms with Crippen LogP contribution in [0.15, 0.2) is 25.3 Å². The van der Waals surface area contributed by atoms with Gasteiger partial charge in [0, 0.05) is 0 Å². The Hall–Kier alpha value is -2.28. The number of rotatable bonds is 6. The fourth-order valence-corrected chi connectivity index (χ4v) is 1.97. The van der Waals surface area contributed by atoms with Crippen molar-refractivity contribution in [3.8, 4) is 11.5 Å². The minimum absolute atomic E-state index is 0.0484. The predicted molar refractivity (Wildman–Crippen MR) is 68.6 cm³/mol. The topological polar surface area (TPSA) is 93.1 Å². The Labute approximate surface area is 113 Å². The molecule has 19 heavy (non-hydrogen) atoms. The number of ether oxygens (including phenoxy) is 2. The van der Waals surface area contributed by atoms with Crippen LogP contribution in [0.2, 0.25) is 0 Å². The average Bonchev–Trinajstić information content (AvgIpc) is 2.70. The lowest BCUT2D eigenvalue weighted by atomic mass is 10.3. The van der Waals surface area contributed by atoms with E-state index in [4.69, 9.17) is 9.47 Å². The Bertz CT molecular complexity index is 472. The highest BCUT2D eigenvalue weighted by molar-refractivity contribution is 7.16. The number of hydrogen-bond acceptors (Lipinski definition) is 7. The van der Waals surface area contributed by atoms with Crippen LogP contribution in [0.1, 0.15) is 19.3 Å². The Morgan fingerprint density at radius 3 is 1.68 bits per heavy atom. The Balaban J connectivity index is 2.97. The second kappa shape index (κ2) is 6.60. The Morgan fingerprint density at radius 1 is 1.00 bits per heavy atom. The van der Waals surface area contributed by atoms with Gasteiger partial charge in [-0.2, -0.15) is 0 Å². The lowest BCUT2D eigenvalue weighted by Gasteiger charge is -1.98. The second-order valence-electron chi connectivity index (χ2n) is 3.23. The zero-order valence-corrected chi connectivity index (χ0v) is 10.7. The lowest BCUT2D eigenvalue weighted by molar-refractivity contribution is 0.0542. The van der Waals surface area contributed by atoms with Gasteiger partial charge in [0.05, 0.1) is 0 Å². The molecule has 0 radical (unpaired) electrons. The van der Waals surface area contributed by atoms with E-state index in [1.54, 1.807) is 0 Å². The molecule has 2 N–H and O–H groups in total. The van der Waals surface area contributed by atoms with Crippen molar-refractivity contribution in [2.24, 2.45) is 0 Å². The van der Waals surface area contributed by atoms with Gasteiger partial charge in [0.15, 0.2) is 21.3 Å². The van der Waals surface area contributed by atoms with Crippen LogP contribution in [0.25, 0.3) is 0 Å². The highest BCUT2D eigenvalue weighted by Gasteiger charge is 2.27. The van der Waals surface area contributed by atoms with Gasteiger partial charge in [-0.25, -0.2) is 9.59 Å². The summed E-state index contributed by atoms with van der Waals surface area (Å²) in [5.41, 5.74) is 0. The van der Waals surface area contributed by atoms with E-state index in [1.807, 2.05) is 0 Å². The standard InChI is InChI=1S/C12H12O6S/c1-3-5-17-11(15)9-7(13)8(14)10(19-9)12(16)18-6-4-2/h3-4,13-14H,1-2,5-6H2. The summed E-state index contributed by atoms with van der Waals surface area (Å²) in [7, 11) is 0. The second-order valence-corrected chi connectivity index (χ2v) is 4.25. The van der Waals surface area contributed by atoms with Crippen molar-refractivity contribution in [1.82, 2.24) is 0 Å². The van der Waals surface area contributed by atoms with Crippen LogP contribution in [0.3, 0.4) is 0 Å². The van der Waals surface area contributed by atoms with Gasteiger partial charge < -0.3 is 19.7 Å². The molecule has 0 aliphatic carbocycles. The quantitative estimate of drug-likeness (QED) is 0.611. The molecule has 0 atom stereocenters. The third-order valence-electron chi connectivity index (χ3n) is 1.89. The highest BCUT2D eigenvalue weighted by Crippen LogP contribution is 2.41. The predicted octanol–water partition coefficient (Wildman–Crippen LogP) is 1.84. The fraction of sp³-hybridized carbons (Fsp3) is 0.167. The number of aromatic hydroxyl groups is 2. The zero-order valence-electron chi connectivity index (χ0n) is 9.92. The first-order valence-electron chi connectivity index (χ1n) is 5.13. The van der Waals surface area contributed by atoms with Gasteiger partial charge >= 0.3 is 11.9 Å².